The van der Waals surface area contributed by atoms with Gasteiger partial charge in [-0.3, -0.25) is 0 Å². The zero-order chi connectivity index (χ0) is 16.8. The first-order valence-corrected chi connectivity index (χ1v) is 11.2. The van der Waals surface area contributed by atoms with Crippen LogP contribution >= 0.6 is 23.3 Å². The summed E-state index contributed by atoms with van der Waals surface area (Å²) in [6.07, 6.45) is 3.92. The number of aliphatic hydroxyl groups is 1. The van der Waals surface area contributed by atoms with Crippen LogP contribution in [0, 0.1) is 6.92 Å². The second-order valence-electron chi connectivity index (χ2n) is 5.10. The Kier molecular flexibility index (Phi) is 7.09. The maximum atomic E-state index is 11.9. The maximum absolute atomic E-state index is 11.9. The first-order valence-electron chi connectivity index (χ1n) is 6.71. The minimum Gasteiger partial charge on any atom is -0.509 e. The second kappa shape index (κ2) is 8.33. The van der Waals surface area contributed by atoms with Gasteiger partial charge in [-0.1, -0.05) is 17.7 Å². The van der Waals surface area contributed by atoms with Crippen LogP contribution in [0.1, 0.15) is 12.5 Å². The summed E-state index contributed by atoms with van der Waals surface area (Å²) < 4.78 is 4.93. The van der Waals surface area contributed by atoms with Crippen LogP contribution in [0.2, 0.25) is 0 Å². The molecular weight excluding hydrogens is 368 g/mol. The molecule has 0 unspecified atom stereocenters. The van der Waals surface area contributed by atoms with Gasteiger partial charge in [-0.25, -0.2) is 4.79 Å². The molecule has 5 nitrogen and oxygen atoms in total. The molecule has 1 rings (SSSR count). The summed E-state index contributed by atoms with van der Waals surface area (Å²) in [5.41, 5.74) is 1.56. The Labute approximate surface area is 140 Å². The minimum atomic E-state index is -1.21. The van der Waals surface area contributed by atoms with E-state index in [-0.39, 0.29) is 18.1 Å². The van der Waals surface area contributed by atoms with Crippen LogP contribution in [-0.4, -0.2) is 35.9 Å². The van der Waals surface area contributed by atoms with E-state index in [9.17, 15) is 9.90 Å². The monoisotopic (exact) mass is 388 g/mol. The van der Waals surface area contributed by atoms with Gasteiger partial charge in [0.2, 0.25) is 5.70 Å². The van der Waals surface area contributed by atoms with Crippen molar-refractivity contribution < 1.29 is 14.6 Å². The fourth-order valence-corrected chi connectivity index (χ4v) is 2.97. The molecule has 0 aromatic heterocycles. The summed E-state index contributed by atoms with van der Waals surface area (Å²) in [6, 6.07) is 7.37. The van der Waals surface area contributed by atoms with Crippen molar-refractivity contribution in [2.24, 2.45) is 10.2 Å². The Bertz CT molecular complexity index is 577. The summed E-state index contributed by atoms with van der Waals surface area (Å²) in [6.45, 7) is 3.88. The number of aryl methyl sites for hydroxylation is 1. The molecule has 0 amide bonds. The SMILES string of the molecule is CCOC(=O)/C(N=Nc1ccc(C)cc1)=C(\O)CS(C)(C)Br. The summed E-state index contributed by atoms with van der Waals surface area (Å²) in [4.78, 5) is 11.9. The molecule has 1 N–H and O–H groups in total. The Morgan fingerprint density at radius 1 is 1.32 bits per heavy atom. The van der Waals surface area contributed by atoms with Crippen molar-refractivity contribution in [3.05, 3.63) is 41.3 Å². The van der Waals surface area contributed by atoms with Crippen LogP contribution < -0.4 is 0 Å². The van der Waals surface area contributed by atoms with E-state index in [1.807, 2.05) is 31.6 Å². The van der Waals surface area contributed by atoms with Crippen LogP contribution in [0.3, 0.4) is 0 Å². The predicted octanol–water partition coefficient (Wildman–Crippen LogP) is 4.79. The highest BCUT2D eigenvalue weighted by Crippen LogP contribution is 2.49. The van der Waals surface area contributed by atoms with E-state index in [0.29, 0.717) is 11.4 Å². The fraction of sp³-hybridized carbons (Fsp3) is 0.400. The van der Waals surface area contributed by atoms with Crippen molar-refractivity contribution in [1.29, 1.82) is 0 Å². The fourth-order valence-electron chi connectivity index (χ4n) is 1.53. The average Bonchev–Trinajstić information content (AvgIpc) is 2.39. The zero-order valence-electron chi connectivity index (χ0n) is 13.2. The lowest BCUT2D eigenvalue weighted by Gasteiger charge is -2.21. The van der Waals surface area contributed by atoms with Crippen molar-refractivity contribution in [3.8, 4) is 0 Å². The van der Waals surface area contributed by atoms with Gasteiger partial charge >= 0.3 is 5.97 Å². The number of rotatable bonds is 6. The van der Waals surface area contributed by atoms with E-state index in [4.69, 9.17) is 4.74 Å². The van der Waals surface area contributed by atoms with Gasteiger partial charge in [0.15, 0.2) is 0 Å². The quantitative estimate of drug-likeness (QED) is 0.329. The number of ether oxygens (including phenoxy) is 1. The van der Waals surface area contributed by atoms with E-state index >= 15 is 0 Å². The molecule has 0 saturated carbocycles. The smallest absolute Gasteiger partial charge is 0.362 e. The Morgan fingerprint density at radius 3 is 2.41 bits per heavy atom. The number of carbonyl (C=O) groups excluding carboxylic acids is 1. The van der Waals surface area contributed by atoms with E-state index in [1.165, 1.54) is 0 Å². The lowest BCUT2D eigenvalue weighted by atomic mass is 10.2. The van der Waals surface area contributed by atoms with Gasteiger partial charge in [0.05, 0.1) is 12.3 Å². The average molecular weight is 389 g/mol. The first kappa shape index (κ1) is 18.7. The predicted molar refractivity (Wildman–Crippen MR) is 95.2 cm³/mol. The first-order chi connectivity index (χ1) is 10.2. The molecule has 0 aliphatic carbocycles. The Balaban J connectivity index is 3.07. The molecular formula is C15H21BrN2O3S. The third-order valence-electron chi connectivity index (χ3n) is 2.52. The van der Waals surface area contributed by atoms with Gasteiger partial charge in [0.1, 0.15) is 5.76 Å². The molecule has 1 aromatic carbocycles. The number of esters is 1. The molecule has 0 heterocycles. The van der Waals surface area contributed by atoms with Crippen molar-refractivity contribution in [3.63, 3.8) is 0 Å². The van der Waals surface area contributed by atoms with Crippen LogP contribution in [0.4, 0.5) is 5.69 Å². The standard InChI is InChI=1S/C15H21BrN2O3S/c1-5-21-15(20)14(13(19)10-22(3,4)16)18-17-12-8-6-11(2)7-9-12/h6-9,19H,5,10H2,1-4H3/b14-13+,18-17?. The largest absolute Gasteiger partial charge is 0.509 e. The number of benzene rings is 1. The molecule has 1 aromatic rings. The number of azo groups is 1. The highest BCUT2D eigenvalue weighted by Gasteiger charge is 2.20. The molecule has 7 heteroatoms. The molecule has 0 radical (unpaired) electrons. The number of aliphatic hydroxyl groups excluding tert-OH is 1. The van der Waals surface area contributed by atoms with E-state index < -0.39 is 14.4 Å². The molecule has 0 bridgehead atoms. The lowest BCUT2D eigenvalue weighted by Crippen LogP contribution is -2.11. The topological polar surface area (TPSA) is 71.2 Å². The van der Waals surface area contributed by atoms with Crippen LogP contribution in [0.25, 0.3) is 0 Å². The number of hydrogen-bond donors (Lipinski definition) is 1. The molecule has 0 aliphatic heterocycles. The summed E-state index contributed by atoms with van der Waals surface area (Å²) in [7, 11) is -1.21. The van der Waals surface area contributed by atoms with E-state index in [0.717, 1.165) is 5.56 Å². The van der Waals surface area contributed by atoms with Gasteiger partial charge in [-0.2, -0.15) is 13.6 Å². The lowest BCUT2D eigenvalue weighted by molar-refractivity contribution is -0.138. The summed E-state index contributed by atoms with van der Waals surface area (Å²) in [5.74, 6) is -0.480. The molecule has 0 aliphatic rings. The molecule has 0 fully saturated rings. The third-order valence-corrected chi connectivity index (χ3v) is 4.17. The van der Waals surface area contributed by atoms with Crippen LogP contribution in [0.5, 0.6) is 0 Å². The van der Waals surface area contributed by atoms with Gasteiger partial charge < -0.3 is 9.84 Å². The number of hydrogen-bond acceptors (Lipinski definition) is 5. The van der Waals surface area contributed by atoms with Gasteiger partial charge in [0, 0.05) is 5.75 Å². The second-order valence-corrected chi connectivity index (χ2v) is 13.5. The van der Waals surface area contributed by atoms with Crippen LogP contribution in [0.15, 0.2) is 46.0 Å². The molecule has 122 valence electrons. The van der Waals surface area contributed by atoms with Crippen LogP contribution in [-0.2, 0) is 9.53 Å². The van der Waals surface area contributed by atoms with Crippen molar-refractivity contribution in [1.82, 2.24) is 0 Å². The van der Waals surface area contributed by atoms with Gasteiger partial charge in [0.25, 0.3) is 0 Å². The van der Waals surface area contributed by atoms with E-state index in [1.54, 1.807) is 19.1 Å². The van der Waals surface area contributed by atoms with Gasteiger partial charge in [-0.15, -0.1) is 5.11 Å². The highest BCUT2D eigenvalue weighted by molar-refractivity contribution is 9.58. The Hall–Kier alpha value is -1.34. The maximum Gasteiger partial charge on any atom is 0.362 e. The summed E-state index contributed by atoms with van der Waals surface area (Å²) in [5, 5.41) is 18.1. The molecule has 0 atom stereocenters. The zero-order valence-corrected chi connectivity index (χ0v) is 15.6. The van der Waals surface area contributed by atoms with Crippen molar-refractivity contribution >= 4 is 34.9 Å². The number of nitrogens with zero attached hydrogens (tertiary/aromatic N) is 2. The van der Waals surface area contributed by atoms with E-state index in [2.05, 4.69) is 25.0 Å². The molecule has 0 saturated heterocycles. The van der Waals surface area contributed by atoms with Gasteiger partial charge in [-0.05, 0) is 53.3 Å². The number of halogens is 1. The normalized spacial score (nSPS) is 13.9. The Morgan fingerprint density at radius 2 is 1.91 bits per heavy atom. The molecule has 0 spiro atoms. The van der Waals surface area contributed by atoms with Crippen molar-refractivity contribution in [2.75, 3.05) is 24.9 Å². The minimum absolute atomic E-state index is 0.119. The summed E-state index contributed by atoms with van der Waals surface area (Å²) >= 11 is 3.50. The molecule has 22 heavy (non-hydrogen) atoms. The van der Waals surface area contributed by atoms with Crippen molar-refractivity contribution in [2.45, 2.75) is 13.8 Å². The number of carbonyl (C=O) groups is 1. The third kappa shape index (κ3) is 6.62. The highest BCUT2D eigenvalue weighted by atomic mass is 79.9.